The van der Waals surface area contributed by atoms with Crippen LogP contribution in [0.4, 0.5) is 0 Å². The van der Waals surface area contributed by atoms with E-state index in [0.717, 1.165) is 83.3 Å². The van der Waals surface area contributed by atoms with Gasteiger partial charge < -0.3 is 8.83 Å². The lowest BCUT2D eigenvalue weighted by molar-refractivity contribution is 0.667. The van der Waals surface area contributed by atoms with Crippen LogP contribution in [0.25, 0.3) is 101 Å². The fourth-order valence-corrected chi connectivity index (χ4v) is 6.74. The van der Waals surface area contributed by atoms with Gasteiger partial charge in [0.1, 0.15) is 28.0 Å². The molecule has 0 unspecified atom stereocenters. The fraction of sp³-hybridized carbons (Fsp3) is 0. The topological polar surface area (TPSA) is 77.8 Å². The SMILES string of the molecule is c1ccc(-c2cc(-c3ccc4oc5cccc(-c6nc(-c7ccccc7)c7oc8ccccc8c7n6)c5c4c3)nc(-c3ccccc3)n2)cc1. The number of aromatic nitrogens is 4. The van der Waals surface area contributed by atoms with E-state index in [-0.39, 0.29) is 0 Å². The Kier molecular flexibility index (Phi) is 6.39. The van der Waals surface area contributed by atoms with Gasteiger partial charge in [-0.05, 0) is 42.5 Å². The Balaban J connectivity index is 1.20. The second kappa shape index (κ2) is 11.4. The van der Waals surface area contributed by atoms with E-state index in [2.05, 4.69) is 36.4 Å². The average Bonchev–Trinajstić information content (AvgIpc) is 3.76. The molecular formula is C44H26N4O2. The summed E-state index contributed by atoms with van der Waals surface area (Å²) < 4.78 is 12.8. The molecule has 0 fully saturated rings. The molecule has 0 bridgehead atoms. The summed E-state index contributed by atoms with van der Waals surface area (Å²) in [5, 5.41) is 2.84. The summed E-state index contributed by atoms with van der Waals surface area (Å²) >= 11 is 0. The minimum atomic E-state index is 0.598. The van der Waals surface area contributed by atoms with E-state index in [4.69, 9.17) is 28.8 Å². The summed E-state index contributed by atoms with van der Waals surface area (Å²) in [5.41, 5.74) is 10.9. The van der Waals surface area contributed by atoms with Gasteiger partial charge in [-0.3, -0.25) is 0 Å². The maximum atomic E-state index is 6.44. The van der Waals surface area contributed by atoms with Gasteiger partial charge in [0.2, 0.25) is 0 Å². The highest BCUT2D eigenvalue weighted by Gasteiger charge is 2.21. The Morgan fingerprint density at radius 1 is 0.380 bits per heavy atom. The van der Waals surface area contributed by atoms with Crippen molar-refractivity contribution in [2.75, 3.05) is 0 Å². The first-order valence-corrected chi connectivity index (χ1v) is 16.5. The smallest absolute Gasteiger partial charge is 0.180 e. The van der Waals surface area contributed by atoms with Gasteiger partial charge in [0, 0.05) is 44.0 Å². The number of fused-ring (bicyclic) bond motifs is 6. The third-order valence-corrected chi connectivity index (χ3v) is 9.13. The normalized spacial score (nSPS) is 11.6. The van der Waals surface area contributed by atoms with E-state index in [0.29, 0.717) is 17.2 Å². The van der Waals surface area contributed by atoms with Crippen LogP contribution < -0.4 is 0 Å². The van der Waals surface area contributed by atoms with Crippen molar-refractivity contribution in [3.63, 3.8) is 0 Å². The summed E-state index contributed by atoms with van der Waals surface area (Å²) in [4.78, 5) is 20.4. The van der Waals surface area contributed by atoms with Crippen LogP contribution >= 0.6 is 0 Å². The molecule has 0 spiro atoms. The first-order chi connectivity index (χ1) is 24.8. The molecule has 234 valence electrons. The van der Waals surface area contributed by atoms with Crippen LogP contribution in [0.2, 0.25) is 0 Å². The average molecular weight is 643 g/mol. The fourth-order valence-electron chi connectivity index (χ4n) is 6.74. The van der Waals surface area contributed by atoms with Gasteiger partial charge in [-0.15, -0.1) is 0 Å². The maximum absolute atomic E-state index is 6.44. The number of hydrogen-bond acceptors (Lipinski definition) is 6. The minimum absolute atomic E-state index is 0.598. The lowest BCUT2D eigenvalue weighted by Gasteiger charge is -2.10. The number of benzene rings is 6. The summed E-state index contributed by atoms with van der Waals surface area (Å²) in [6, 6.07) is 52.8. The van der Waals surface area contributed by atoms with Gasteiger partial charge in [-0.25, -0.2) is 19.9 Å². The van der Waals surface area contributed by atoms with Crippen molar-refractivity contribution in [2.24, 2.45) is 0 Å². The molecule has 0 saturated carbocycles. The zero-order chi connectivity index (χ0) is 33.0. The van der Waals surface area contributed by atoms with Gasteiger partial charge in [0.05, 0.1) is 11.4 Å². The molecule has 6 nitrogen and oxygen atoms in total. The molecule has 4 aromatic heterocycles. The van der Waals surface area contributed by atoms with Crippen LogP contribution in [-0.4, -0.2) is 19.9 Å². The van der Waals surface area contributed by atoms with E-state index in [1.807, 2.05) is 121 Å². The highest BCUT2D eigenvalue weighted by molar-refractivity contribution is 6.14. The van der Waals surface area contributed by atoms with Gasteiger partial charge >= 0.3 is 0 Å². The van der Waals surface area contributed by atoms with Gasteiger partial charge in [0.25, 0.3) is 0 Å². The van der Waals surface area contributed by atoms with Crippen LogP contribution in [0, 0.1) is 0 Å². The molecule has 0 N–H and O–H groups in total. The molecule has 6 aromatic carbocycles. The third kappa shape index (κ3) is 4.65. The molecule has 0 aliphatic carbocycles. The minimum Gasteiger partial charge on any atom is -0.456 e. The Labute approximate surface area is 286 Å². The lowest BCUT2D eigenvalue weighted by Crippen LogP contribution is -1.96. The zero-order valence-corrected chi connectivity index (χ0v) is 26.6. The van der Waals surface area contributed by atoms with Crippen LogP contribution in [0.15, 0.2) is 167 Å². The first kappa shape index (κ1) is 28.1. The summed E-state index contributed by atoms with van der Waals surface area (Å²) in [7, 11) is 0. The Bertz CT molecular complexity index is 2800. The van der Waals surface area contributed by atoms with Crippen molar-refractivity contribution in [3.8, 4) is 56.5 Å². The molecule has 10 rings (SSSR count). The molecule has 50 heavy (non-hydrogen) atoms. The Morgan fingerprint density at radius 2 is 1.02 bits per heavy atom. The van der Waals surface area contributed by atoms with Crippen molar-refractivity contribution >= 4 is 44.0 Å². The second-order valence-electron chi connectivity index (χ2n) is 12.2. The number of rotatable bonds is 5. The van der Waals surface area contributed by atoms with E-state index >= 15 is 0 Å². The van der Waals surface area contributed by atoms with Gasteiger partial charge in [-0.1, -0.05) is 115 Å². The van der Waals surface area contributed by atoms with Crippen LogP contribution in [-0.2, 0) is 0 Å². The molecule has 0 saturated heterocycles. The summed E-state index contributed by atoms with van der Waals surface area (Å²) in [6.45, 7) is 0. The second-order valence-corrected chi connectivity index (χ2v) is 12.2. The number of hydrogen-bond donors (Lipinski definition) is 0. The van der Waals surface area contributed by atoms with Crippen LogP contribution in [0.1, 0.15) is 0 Å². The largest absolute Gasteiger partial charge is 0.456 e. The highest BCUT2D eigenvalue weighted by Crippen LogP contribution is 2.41. The van der Waals surface area contributed by atoms with Crippen molar-refractivity contribution in [3.05, 3.63) is 158 Å². The van der Waals surface area contributed by atoms with E-state index < -0.39 is 0 Å². The molecule has 4 heterocycles. The molecule has 0 radical (unpaired) electrons. The quantitative estimate of drug-likeness (QED) is 0.186. The van der Waals surface area contributed by atoms with E-state index in [1.165, 1.54) is 0 Å². The van der Waals surface area contributed by atoms with Crippen molar-refractivity contribution in [1.82, 2.24) is 19.9 Å². The summed E-state index contributed by atoms with van der Waals surface area (Å²) in [6.07, 6.45) is 0. The van der Waals surface area contributed by atoms with Gasteiger partial charge in [0.15, 0.2) is 17.2 Å². The van der Waals surface area contributed by atoms with Gasteiger partial charge in [-0.2, -0.15) is 0 Å². The number of para-hydroxylation sites is 1. The standard InChI is InChI=1S/C44H26N4O2/c1-4-13-27(14-5-1)34-26-35(46-43(45-34)29-17-8-3-9-18-29)30-23-24-37-33(25-30)39-32(20-12-22-38(39)49-37)44-47-40(28-15-6-2-7-16-28)42-41(48-44)31-19-10-11-21-36(31)50-42/h1-26H. The molecule has 0 aliphatic heterocycles. The van der Waals surface area contributed by atoms with Crippen LogP contribution in [0.5, 0.6) is 0 Å². The molecule has 0 amide bonds. The lowest BCUT2D eigenvalue weighted by atomic mass is 10.0. The van der Waals surface area contributed by atoms with Crippen LogP contribution in [0.3, 0.4) is 0 Å². The van der Waals surface area contributed by atoms with E-state index in [9.17, 15) is 0 Å². The summed E-state index contributed by atoms with van der Waals surface area (Å²) in [5.74, 6) is 1.27. The number of furan rings is 2. The molecule has 10 aromatic rings. The maximum Gasteiger partial charge on any atom is 0.180 e. The predicted molar refractivity (Wildman–Crippen MR) is 199 cm³/mol. The molecule has 6 heteroatoms. The number of nitrogens with zero attached hydrogens (tertiary/aromatic N) is 4. The predicted octanol–water partition coefficient (Wildman–Crippen LogP) is 11.4. The van der Waals surface area contributed by atoms with Crippen molar-refractivity contribution in [2.45, 2.75) is 0 Å². The molecular weight excluding hydrogens is 617 g/mol. The monoisotopic (exact) mass is 642 g/mol. The van der Waals surface area contributed by atoms with Crippen molar-refractivity contribution < 1.29 is 8.83 Å². The Hall–Kier alpha value is -6.92. The van der Waals surface area contributed by atoms with E-state index in [1.54, 1.807) is 0 Å². The Morgan fingerprint density at radius 3 is 1.80 bits per heavy atom. The van der Waals surface area contributed by atoms with Crippen molar-refractivity contribution in [1.29, 1.82) is 0 Å². The molecule has 0 atom stereocenters. The molecule has 0 aliphatic rings. The zero-order valence-electron chi connectivity index (χ0n) is 26.6. The highest BCUT2D eigenvalue weighted by atomic mass is 16.3. The third-order valence-electron chi connectivity index (χ3n) is 9.13. The first-order valence-electron chi connectivity index (χ1n) is 16.5.